The zero-order valence-electron chi connectivity index (χ0n) is 24.2. The van der Waals surface area contributed by atoms with Gasteiger partial charge in [0.2, 0.25) is 5.89 Å². The van der Waals surface area contributed by atoms with Crippen LogP contribution >= 0.6 is 0 Å². The Hall–Kier alpha value is -6.13. The Morgan fingerprint density at radius 2 is 1.09 bits per heavy atom. The lowest BCUT2D eigenvalue weighted by atomic mass is 9.99. The van der Waals surface area contributed by atoms with E-state index in [1.54, 1.807) is 0 Å². The molecule has 9 aromatic rings. The van der Waals surface area contributed by atoms with Gasteiger partial charge in [-0.25, -0.2) is 4.98 Å². The Morgan fingerprint density at radius 3 is 1.91 bits per heavy atom. The van der Waals surface area contributed by atoms with Gasteiger partial charge in [0.15, 0.2) is 5.58 Å². The van der Waals surface area contributed by atoms with Crippen LogP contribution in [0.5, 0.6) is 0 Å². The molecule has 0 bridgehead atoms. The van der Waals surface area contributed by atoms with Crippen LogP contribution in [-0.4, -0.2) is 4.98 Å². The summed E-state index contributed by atoms with van der Waals surface area (Å²) >= 11 is 0. The predicted molar refractivity (Wildman–Crippen MR) is 184 cm³/mol. The van der Waals surface area contributed by atoms with Gasteiger partial charge in [-0.1, -0.05) is 91.0 Å². The number of para-hydroxylation sites is 2. The molecule has 0 radical (unpaired) electrons. The largest absolute Gasteiger partial charge is 0.456 e. The molecule has 2 heterocycles. The number of hydrogen-bond acceptors (Lipinski definition) is 4. The third kappa shape index (κ3) is 4.27. The SMILES string of the molecule is c1ccc(-c2nc3c(-c4ccc(N(c5ccccc5)c5ccc6c(c5)oc5ccccc56)cc4)cc4ccccc4c3o2)cc1. The highest BCUT2D eigenvalue weighted by Crippen LogP contribution is 2.41. The van der Waals surface area contributed by atoms with E-state index in [1.165, 1.54) is 0 Å². The number of furan rings is 1. The van der Waals surface area contributed by atoms with E-state index in [4.69, 9.17) is 13.8 Å². The monoisotopic (exact) mass is 578 g/mol. The molecular formula is C41H26N2O2. The number of aromatic nitrogens is 1. The van der Waals surface area contributed by atoms with Crippen molar-refractivity contribution in [3.05, 3.63) is 158 Å². The van der Waals surface area contributed by atoms with Gasteiger partial charge in [-0.3, -0.25) is 0 Å². The summed E-state index contributed by atoms with van der Waals surface area (Å²) in [6.07, 6.45) is 0. The molecule has 45 heavy (non-hydrogen) atoms. The number of hydrogen-bond donors (Lipinski definition) is 0. The molecule has 0 saturated heterocycles. The van der Waals surface area contributed by atoms with Crippen LogP contribution in [0.3, 0.4) is 0 Å². The second-order valence-electron chi connectivity index (χ2n) is 11.2. The summed E-state index contributed by atoms with van der Waals surface area (Å²) in [5, 5.41) is 4.41. The van der Waals surface area contributed by atoms with E-state index in [-0.39, 0.29) is 0 Å². The second kappa shape index (κ2) is 10.2. The molecule has 7 aromatic carbocycles. The minimum atomic E-state index is 0.621. The van der Waals surface area contributed by atoms with Gasteiger partial charge in [0.05, 0.1) is 0 Å². The molecule has 0 spiro atoms. The van der Waals surface area contributed by atoms with E-state index in [1.807, 2.05) is 60.7 Å². The molecule has 0 saturated carbocycles. The van der Waals surface area contributed by atoms with E-state index in [9.17, 15) is 0 Å². The van der Waals surface area contributed by atoms with Crippen molar-refractivity contribution in [2.45, 2.75) is 0 Å². The lowest BCUT2D eigenvalue weighted by Crippen LogP contribution is -2.09. The van der Waals surface area contributed by atoms with Gasteiger partial charge in [-0.15, -0.1) is 0 Å². The maximum absolute atomic E-state index is 6.44. The van der Waals surface area contributed by atoms with Crippen LogP contribution in [-0.2, 0) is 0 Å². The second-order valence-corrected chi connectivity index (χ2v) is 11.2. The first-order chi connectivity index (χ1) is 22.3. The zero-order valence-corrected chi connectivity index (χ0v) is 24.2. The third-order valence-corrected chi connectivity index (χ3v) is 8.48. The zero-order chi connectivity index (χ0) is 29.7. The normalized spacial score (nSPS) is 11.6. The average molecular weight is 579 g/mol. The average Bonchev–Trinajstić information content (AvgIpc) is 3.72. The fourth-order valence-electron chi connectivity index (χ4n) is 6.33. The van der Waals surface area contributed by atoms with Crippen LogP contribution in [0.2, 0.25) is 0 Å². The standard InChI is InChI=1S/C41H26N2O2/c1-3-11-28(12-4-1)41-42-39-36(25-29-13-7-8-16-33(29)40(39)45-41)27-19-21-31(22-20-27)43(30-14-5-2-6-15-30)32-23-24-35-34-17-9-10-18-37(34)44-38(35)26-32/h1-26H. The molecule has 0 atom stereocenters. The molecule has 2 aromatic heterocycles. The van der Waals surface area contributed by atoms with Crippen LogP contribution in [0.4, 0.5) is 17.1 Å². The molecule has 212 valence electrons. The molecule has 0 aliphatic rings. The summed E-state index contributed by atoms with van der Waals surface area (Å²) < 4.78 is 12.7. The van der Waals surface area contributed by atoms with Crippen molar-refractivity contribution in [2.75, 3.05) is 4.90 Å². The van der Waals surface area contributed by atoms with E-state index < -0.39 is 0 Å². The molecule has 0 fully saturated rings. The molecule has 4 nitrogen and oxygen atoms in total. The van der Waals surface area contributed by atoms with Gasteiger partial charge < -0.3 is 13.7 Å². The summed E-state index contributed by atoms with van der Waals surface area (Å²) in [5.74, 6) is 0.621. The first kappa shape index (κ1) is 25.4. The van der Waals surface area contributed by atoms with Crippen molar-refractivity contribution in [1.29, 1.82) is 0 Å². The maximum Gasteiger partial charge on any atom is 0.227 e. The number of fused-ring (bicyclic) bond motifs is 6. The Morgan fingerprint density at radius 1 is 0.444 bits per heavy atom. The maximum atomic E-state index is 6.44. The Labute approximate surface area is 259 Å². The van der Waals surface area contributed by atoms with Crippen LogP contribution in [0.25, 0.3) is 66.4 Å². The van der Waals surface area contributed by atoms with Crippen molar-refractivity contribution in [3.63, 3.8) is 0 Å². The van der Waals surface area contributed by atoms with Gasteiger partial charge in [-0.05, 0) is 71.6 Å². The van der Waals surface area contributed by atoms with Gasteiger partial charge in [0, 0.05) is 50.4 Å². The van der Waals surface area contributed by atoms with Gasteiger partial charge in [0.1, 0.15) is 16.7 Å². The first-order valence-electron chi connectivity index (χ1n) is 15.0. The lowest BCUT2D eigenvalue weighted by Gasteiger charge is -2.25. The Kier molecular flexibility index (Phi) is 5.78. The molecule has 0 unspecified atom stereocenters. The van der Waals surface area contributed by atoms with Crippen LogP contribution in [0.15, 0.2) is 167 Å². The van der Waals surface area contributed by atoms with Crippen molar-refractivity contribution in [3.8, 4) is 22.6 Å². The Bertz CT molecular complexity index is 2480. The molecule has 0 aliphatic heterocycles. The van der Waals surface area contributed by atoms with Crippen molar-refractivity contribution < 1.29 is 8.83 Å². The fourth-order valence-corrected chi connectivity index (χ4v) is 6.33. The summed E-state index contributed by atoms with van der Waals surface area (Å²) in [5.41, 5.74) is 9.62. The van der Waals surface area contributed by atoms with Crippen molar-refractivity contribution >= 4 is 60.9 Å². The number of benzene rings is 7. The summed E-state index contributed by atoms with van der Waals surface area (Å²) in [6, 6.07) is 54.4. The molecular weight excluding hydrogens is 552 g/mol. The minimum absolute atomic E-state index is 0.621. The van der Waals surface area contributed by atoms with E-state index in [0.717, 1.165) is 77.6 Å². The van der Waals surface area contributed by atoms with Crippen molar-refractivity contribution in [2.24, 2.45) is 0 Å². The van der Waals surface area contributed by atoms with Gasteiger partial charge >= 0.3 is 0 Å². The van der Waals surface area contributed by atoms with Crippen molar-refractivity contribution in [1.82, 2.24) is 4.98 Å². The topological polar surface area (TPSA) is 42.4 Å². The Balaban J connectivity index is 1.18. The number of rotatable bonds is 5. The molecule has 0 amide bonds. The van der Waals surface area contributed by atoms with Gasteiger partial charge in [0.25, 0.3) is 0 Å². The highest BCUT2D eigenvalue weighted by molar-refractivity contribution is 6.10. The van der Waals surface area contributed by atoms with Crippen LogP contribution in [0, 0.1) is 0 Å². The summed E-state index contributed by atoms with van der Waals surface area (Å²) in [7, 11) is 0. The fraction of sp³-hybridized carbons (Fsp3) is 0. The predicted octanol–water partition coefficient (Wildman–Crippen LogP) is 11.7. The van der Waals surface area contributed by atoms with E-state index in [2.05, 4.69) is 102 Å². The molecule has 4 heteroatoms. The quantitative estimate of drug-likeness (QED) is 0.204. The van der Waals surface area contributed by atoms with Crippen LogP contribution in [0.1, 0.15) is 0 Å². The minimum Gasteiger partial charge on any atom is -0.456 e. The summed E-state index contributed by atoms with van der Waals surface area (Å²) in [6.45, 7) is 0. The molecule has 9 rings (SSSR count). The molecule has 0 N–H and O–H groups in total. The van der Waals surface area contributed by atoms with Crippen LogP contribution < -0.4 is 4.90 Å². The number of nitrogens with zero attached hydrogens (tertiary/aromatic N) is 2. The smallest absolute Gasteiger partial charge is 0.227 e. The number of anilines is 3. The highest BCUT2D eigenvalue weighted by Gasteiger charge is 2.19. The van der Waals surface area contributed by atoms with E-state index in [0.29, 0.717) is 5.89 Å². The first-order valence-corrected chi connectivity index (χ1v) is 15.0. The third-order valence-electron chi connectivity index (χ3n) is 8.48. The van der Waals surface area contributed by atoms with E-state index >= 15 is 0 Å². The summed E-state index contributed by atoms with van der Waals surface area (Å²) in [4.78, 5) is 7.28. The molecule has 0 aliphatic carbocycles. The lowest BCUT2D eigenvalue weighted by molar-refractivity contribution is 0.623. The highest BCUT2D eigenvalue weighted by atomic mass is 16.3. The number of oxazole rings is 1. The van der Waals surface area contributed by atoms with Gasteiger partial charge in [-0.2, -0.15) is 0 Å².